The number of nitrogens with zero attached hydrogens (tertiary/aromatic N) is 4. The molecule has 1 aliphatic heterocycles. The van der Waals surface area contributed by atoms with Gasteiger partial charge in [-0.15, -0.1) is 0 Å². The zero-order valence-corrected chi connectivity index (χ0v) is 18.2. The first-order chi connectivity index (χ1) is 14.2. The molecule has 2 fully saturated rings. The van der Waals surface area contributed by atoms with Gasteiger partial charge in [0.15, 0.2) is 5.96 Å². The van der Waals surface area contributed by atoms with Gasteiger partial charge >= 0.3 is 0 Å². The largest absolute Gasteiger partial charge is 0.361 e. The number of aryl methyl sites for hydroxylation is 2. The summed E-state index contributed by atoms with van der Waals surface area (Å²) in [6.07, 6.45) is 5.09. The second kappa shape index (κ2) is 10.6. The number of hydrogen-bond donors (Lipinski definition) is 2. The molecule has 162 valence electrons. The molecular formula is C21H36N6O2. The molecule has 8 nitrogen and oxygen atoms in total. The van der Waals surface area contributed by atoms with Crippen LogP contribution in [0.15, 0.2) is 9.52 Å². The van der Waals surface area contributed by atoms with Crippen LogP contribution in [-0.4, -0.2) is 73.1 Å². The summed E-state index contributed by atoms with van der Waals surface area (Å²) in [5, 5.41) is 10.9. The van der Waals surface area contributed by atoms with Crippen LogP contribution in [0.25, 0.3) is 0 Å². The number of carbonyl (C=O) groups excluding carboxylic acids is 1. The van der Waals surface area contributed by atoms with Crippen molar-refractivity contribution in [1.29, 1.82) is 0 Å². The Morgan fingerprint density at radius 2 is 1.93 bits per heavy atom. The fourth-order valence-electron chi connectivity index (χ4n) is 3.97. The van der Waals surface area contributed by atoms with Crippen molar-refractivity contribution in [1.82, 2.24) is 25.6 Å². The lowest BCUT2D eigenvalue weighted by atomic mass is 9.84. The molecule has 29 heavy (non-hydrogen) atoms. The van der Waals surface area contributed by atoms with Gasteiger partial charge in [0, 0.05) is 70.8 Å². The zero-order chi connectivity index (χ0) is 20.6. The van der Waals surface area contributed by atoms with E-state index in [-0.39, 0.29) is 0 Å². The lowest BCUT2D eigenvalue weighted by Crippen LogP contribution is -2.52. The SMILES string of the molecule is CCc1noc(CC)c1CNC(=NC)NCCN1CCN(C(=O)C2CCC2)CC1. The molecule has 0 spiro atoms. The lowest BCUT2D eigenvalue weighted by Gasteiger charge is -2.38. The zero-order valence-electron chi connectivity index (χ0n) is 18.2. The van der Waals surface area contributed by atoms with Gasteiger partial charge in [0.2, 0.25) is 5.91 Å². The summed E-state index contributed by atoms with van der Waals surface area (Å²) in [7, 11) is 1.79. The van der Waals surface area contributed by atoms with Crippen molar-refractivity contribution in [3.05, 3.63) is 17.0 Å². The van der Waals surface area contributed by atoms with E-state index in [1.807, 2.05) is 0 Å². The minimum absolute atomic E-state index is 0.310. The molecule has 8 heteroatoms. The van der Waals surface area contributed by atoms with Crippen molar-refractivity contribution in [3.63, 3.8) is 0 Å². The Bertz CT molecular complexity index is 668. The van der Waals surface area contributed by atoms with E-state index in [4.69, 9.17) is 4.52 Å². The highest BCUT2D eigenvalue weighted by Crippen LogP contribution is 2.28. The van der Waals surface area contributed by atoms with Crippen molar-refractivity contribution in [2.24, 2.45) is 10.9 Å². The van der Waals surface area contributed by atoms with E-state index in [1.54, 1.807) is 7.05 Å². The maximum Gasteiger partial charge on any atom is 0.225 e. The summed E-state index contributed by atoms with van der Waals surface area (Å²) in [6.45, 7) is 10.2. The number of amides is 1. The number of aliphatic imine (C=N–C) groups is 1. The van der Waals surface area contributed by atoms with Crippen LogP contribution < -0.4 is 10.6 Å². The van der Waals surface area contributed by atoms with Gasteiger partial charge in [-0.1, -0.05) is 25.4 Å². The van der Waals surface area contributed by atoms with Gasteiger partial charge in [-0.2, -0.15) is 0 Å². The second-order valence-corrected chi connectivity index (χ2v) is 7.89. The number of piperazine rings is 1. The Kier molecular flexibility index (Phi) is 7.91. The van der Waals surface area contributed by atoms with E-state index in [0.29, 0.717) is 18.4 Å². The van der Waals surface area contributed by atoms with Gasteiger partial charge in [0.25, 0.3) is 0 Å². The second-order valence-electron chi connectivity index (χ2n) is 7.89. The minimum atomic E-state index is 0.310. The average molecular weight is 405 g/mol. The van der Waals surface area contributed by atoms with E-state index in [0.717, 1.165) is 87.9 Å². The summed E-state index contributed by atoms with van der Waals surface area (Å²) < 4.78 is 5.43. The Morgan fingerprint density at radius 1 is 1.17 bits per heavy atom. The first-order valence-electron chi connectivity index (χ1n) is 11.1. The molecule has 1 aromatic heterocycles. The van der Waals surface area contributed by atoms with Crippen LogP contribution in [0.5, 0.6) is 0 Å². The van der Waals surface area contributed by atoms with Crippen molar-refractivity contribution in [2.45, 2.75) is 52.5 Å². The number of nitrogens with one attached hydrogen (secondary N) is 2. The molecule has 0 unspecified atom stereocenters. The predicted molar refractivity (Wildman–Crippen MR) is 114 cm³/mol. The van der Waals surface area contributed by atoms with Gasteiger partial charge in [-0.05, 0) is 19.3 Å². The van der Waals surface area contributed by atoms with Crippen LogP contribution in [0, 0.1) is 5.92 Å². The molecule has 1 saturated heterocycles. The van der Waals surface area contributed by atoms with E-state index in [1.165, 1.54) is 6.42 Å². The third-order valence-corrected chi connectivity index (χ3v) is 6.12. The summed E-state index contributed by atoms with van der Waals surface area (Å²) in [5.41, 5.74) is 2.16. The monoisotopic (exact) mass is 404 g/mol. The number of rotatable bonds is 8. The van der Waals surface area contributed by atoms with Gasteiger partial charge in [-0.25, -0.2) is 0 Å². The van der Waals surface area contributed by atoms with Crippen molar-refractivity contribution < 1.29 is 9.32 Å². The summed E-state index contributed by atoms with van der Waals surface area (Å²) in [4.78, 5) is 21.1. The molecule has 0 bridgehead atoms. The van der Waals surface area contributed by atoms with Gasteiger partial charge < -0.3 is 20.1 Å². The highest BCUT2D eigenvalue weighted by Gasteiger charge is 2.31. The summed E-state index contributed by atoms with van der Waals surface area (Å²) in [5.74, 6) is 2.42. The maximum absolute atomic E-state index is 12.3. The minimum Gasteiger partial charge on any atom is -0.361 e. The van der Waals surface area contributed by atoms with Crippen LogP contribution in [0.2, 0.25) is 0 Å². The van der Waals surface area contributed by atoms with E-state index in [9.17, 15) is 4.79 Å². The molecular weight excluding hydrogens is 368 g/mol. The van der Waals surface area contributed by atoms with Crippen LogP contribution in [-0.2, 0) is 24.2 Å². The molecule has 1 saturated carbocycles. The maximum atomic E-state index is 12.3. The molecule has 2 heterocycles. The van der Waals surface area contributed by atoms with Crippen LogP contribution in [0.4, 0.5) is 0 Å². The number of hydrogen-bond acceptors (Lipinski definition) is 5. The van der Waals surface area contributed by atoms with Crippen molar-refractivity contribution in [3.8, 4) is 0 Å². The van der Waals surface area contributed by atoms with E-state index < -0.39 is 0 Å². The number of carbonyl (C=O) groups is 1. The van der Waals surface area contributed by atoms with Gasteiger partial charge in [0.05, 0.1) is 5.69 Å². The normalized spacial score (nSPS) is 18.6. The molecule has 2 N–H and O–H groups in total. The van der Waals surface area contributed by atoms with Crippen molar-refractivity contribution >= 4 is 11.9 Å². The molecule has 2 aliphatic rings. The Labute approximate surface area is 174 Å². The fraction of sp³-hybridized carbons (Fsp3) is 0.762. The van der Waals surface area contributed by atoms with Crippen LogP contribution >= 0.6 is 0 Å². The summed E-state index contributed by atoms with van der Waals surface area (Å²) >= 11 is 0. The third kappa shape index (κ3) is 5.50. The fourth-order valence-corrected chi connectivity index (χ4v) is 3.97. The first-order valence-corrected chi connectivity index (χ1v) is 11.1. The molecule has 1 amide bonds. The number of aromatic nitrogens is 1. The number of guanidine groups is 1. The Hall–Kier alpha value is -2.09. The van der Waals surface area contributed by atoms with E-state index in [2.05, 4.69) is 44.4 Å². The predicted octanol–water partition coefficient (Wildman–Crippen LogP) is 1.41. The summed E-state index contributed by atoms with van der Waals surface area (Å²) in [6, 6.07) is 0. The molecule has 1 aromatic rings. The molecule has 3 rings (SSSR count). The van der Waals surface area contributed by atoms with Gasteiger partial charge in [0.1, 0.15) is 5.76 Å². The molecule has 1 aliphatic carbocycles. The van der Waals surface area contributed by atoms with Crippen LogP contribution in [0.3, 0.4) is 0 Å². The lowest BCUT2D eigenvalue weighted by molar-refractivity contribution is -0.139. The standard InChI is InChI=1S/C21H36N6O2/c1-4-18-17(19(5-2)29-25-18)15-24-21(22-3)23-9-10-26-11-13-27(14-12-26)20(28)16-7-6-8-16/h16H,4-15H2,1-3H3,(H2,22,23,24). The topological polar surface area (TPSA) is 86.0 Å². The Morgan fingerprint density at radius 3 is 2.52 bits per heavy atom. The van der Waals surface area contributed by atoms with Gasteiger partial charge in [-0.3, -0.25) is 14.7 Å². The molecule has 0 radical (unpaired) electrons. The quantitative estimate of drug-likeness (QED) is 0.503. The van der Waals surface area contributed by atoms with Crippen LogP contribution in [0.1, 0.15) is 50.1 Å². The van der Waals surface area contributed by atoms with Crippen molar-refractivity contribution in [2.75, 3.05) is 46.3 Å². The third-order valence-electron chi connectivity index (χ3n) is 6.12. The van der Waals surface area contributed by atoms with E-state index >= 15 is 0 Å². The average Bonchev–Trinajstić information content (AvgIpc) is 3.11. The smallest absolute Gasteiger partial charge is 0.225 e. The highest BCUT2D eigenvalue weighted by atomic mass is 16.5. The highest BCUT2D eigenvalue weighted by molar-refractivity contribution is 5.80. The Balaban J connectivity index is 1.36. The molecule has 0 atom stereocenters. The molecule has 0 aromatic carbocycles. The first kappa shape index (κ1) is 21.6.